The normalized spacial score (nSPS) is 20.8. The fourth-order valence-corrected chi connectivity index (χ4v) is 3.21. The highest BCUT2D eigenvalue weighted by molar-refractivity contribution is 5.53. The lowest BCUT2D eigenvalue weighted by Gasteiger charge is -2.39. The Hall–Kier alpha value is -1.55. The maximum Gasteiger partial charge on any atom is 0.127 e. The van der Waals surface area contributed by atoms with E-state index in [2.05, 4.69) is 11.8 Å². The van der Waals surface area contributed by atoms with Crippen molar-refractivity contribution in [2.75, 3.05) is 20.8 Å². The first-order valence-electron chi connectivity index (χ1n) is 7.62. The second-order valence-corrected chi connectivity index (χ2v) is 5.61. The molecule has 2 atom stereocenters. The van der Waals surface area contributed by atoms with Gasteiger partial charge >= 0.3 is 0 Å². The Labute approximate surface area is 127 Å². The minimum absolute atomic E-state index is 0.0821. The van der Waals surface area contributed by atoms with Crippen molar-refractivity contribution in [3.63, 3.8) is 0 Å². The van der Waals surface area contributed by atoms with Gasteiger partial charge < -0.3 is 14.3 Å². The highest BCUT2D eigenvalue weighted by atomic mass is 16.5. The number of methoxy groups -OCH3 is 2. The Kier molecular flexibility index (Phi) is 5.62. The molecule has 0 N–H and O–H groups in total. The van der Waals surface area contributed by atoms with Gasteiger partial charge in [0.1, 0.15) is 17.8 Å². The zero-order valence-corrected chi connectivity index (χ0v) is 13.2. The van der Waals surface area contributed by atoms with Crippen molar-refractivity contribution >= 4 is 6.29 Å². The van der Waals surface area contributed by atoms with Gasteiger partial charge in [0.25, 0.3) is 0 Å². The molecule has 1 saturated heterocycles. The van der Waals surface area contributed by atoms with E-state index >= 15 is 0 Å². The molecule has 1 aliphatic rings. The molecule has 2 unspecified atom stereocenters. The molecule has 1 aliphatic heterocycles. The summed E-state index contributed by atoms with van der Waals surface area (Å²) in [5.41, 5.74) is 1.07. The van der Waals surface area contributed by atoms with Crippen molar-refractivity contribution in [1.29, 1.82) is 0 Å². The second kappa shape index (κ2) is 7.46. The first-order chi connectivity index (χ1) is 10.2. The standard InChI is InChI=1S/C17H25NO3/c1-13-6-4-5-10-18(13)16(9-11-19)15-8-7-14(20-2)12-17(15)21-3/h7-8,11-13,16H,4-6,9-10H2,1-3H3. The molecule has 0 aliphatic carbocycles. The predicted molar refractivity (Wildman–Crippen MR) is 83.0 cm³/mol. The number of carbonyl (C=O) groups is 1. The van der Waals surface area contributed by atoms with E-state index in [9.17, 15) is 4.79 Å². The van der Waals surface area contributed by atoms with Crippen molar-refractivity contribution < 1.29 is 14.3 Å². The van der Waals surface area contributed by atoms with Gasteiger partial charge in [-0.2, -0.15) is 0 Å². The quantitative estimate of drug-likeness (QED) is 0.754. The van der Waals surface area contributed by atoms with Crippen LogP contribution in [-0.4, -0.2) is 38.0 Å². The van der Waals surface area contributed by atoms with E-state index in [1.165, 1.54) is 19.3 Å². The topological polar surface area (TPSA) is 38.8 Å². The van der Waals surface area contributed by atoms with Gasteiger partial charge in [-0.25, -0.2) is 0 Å². The van der Waals surface area contributed by atoms with Crippen molar-refractivity contribution in [1.82, 2.24) is 4.90 Å². The van der Waals surface area contributed by atoms with Crippen LogP contribution in [0.3, 0.4) is 0 Å². The molecule has 4 nitrogen and oxygen atoms in total. The molecular formula is C17H25NO3. The van der Waals surface area contributed by atoms with Crippen LogP contribution in [0.25, 0.3) is 0 Å². The van der Waals surface area contributed by atoms with Crippen LogP contribution >= 0.6 is 0 Å². The molecule has 0 radical (unpaired) electrons. The van der Waals surface area contributed by atoms with Crippen LogP contribution in [0, 0.1) is 0 Å². The number of ether oxygens (including phenoxy) is 2. The van der Waals surface area contributed by atoms with Crippen molar-refractivity contribution in [3.8, 4) is 11.5 Å². The lowest BCUT2D eigenvalue weighted by molar-refractivity contribution is -0.109. The lowest BCUT2D eigenvalue weighted by atomic mass is 9.95. The smallest absolute Gasteiger partial charge is 0.127 e. The molecule has 1 fully saturated rings. The molecule has 0 bridgehead atoms. The summed E-state index contributed by atoms with van der Waals surface area (Å²) in [7, 11) is 3.31. The summed E-state index contributed by atoms with van der Waals surface area (Å²) in [6.45, 7) is 3.28. The minimum atomic E-state index is 0.0821. The van der Waals surface area contributed by atoms with Gasteiger partial charge in [0.2, 0.25) is 0 Å². The third-order valence-electron chi connectivity index (χ3n) is 4.37. The van der Waals surface area contributed by atoms with Gasteiger partial charge in [-0.1, -0.05) is 12.5 Å². The van der Waals surface area contributed by atoms with E-state index in [1.54, 1.807) is 14.2 Å². The summed E-state index contributed by atoms with van der Waals surface area (Å²) in [4.78, 5) is 13.6. The summed E-state index contributed by atoms with van der Waals surface area (Å²) in [6.07, 6.45) is 5.15. The molecule has 21 heavy (non-hydrogen) atoms. The first-order valence-corrected chi connectivity index (χ1v) is 7.62. The second-order valence-electron chi connectivity index (χ2n) is 5.61. The molecule has 1 aromatic carbocycles. The van der Waals surface area contributed by atoms with Crippen LogP contribution in [-0.2, 0) is 4.79 Å². The molecule has 0 spiro atoms. The van der Waals surface area contributed by atoms with Gasteiger partial charge in [0.15, 0.2) is 0 Å². The summed E-state index contributed by atoms with van der Waals surface area (Å²) < 4.78 is 10.8. The predicted octanol–water partition coefficient (Wildman–Crippen LogP) is 3.21. The Balaban J connectivity index is 2.34. The number of nitrogens with zero attached hydrogens (tertiary/aromatic N) is 1. The van der Waals surface area contributed by atoms with E-state index in [0.29, 0.717) is 12.5 Å². The third-order valence-corrected chi connectivity index (χ3v) is 4.37. The van der Waals surface area contributed by atoms with Gasteiger partial charge in [-0.05, 0) is 32.4 Å². The summed E-state index contributed by atoms with van der Waals surface area (Å²) in [6, 6.07) is 6.42. The van der Waals surface area contributed by atoms with Gasteiger partial charge in [0.05, 0.1) is 14.2 Å². The average Bonchev–Trinajstić information content (AvgIpc) is 2.53. The van der Waals surface area contributed by atoms with Crippen LogP contribution in [0.1, 0.15) is 44.2 Å². The van der Waals surface area contributed by atoms with Crippen LogP contribution in [0.2, 0.25) is 0 Å². The van der Waals surface area contributed by atoms with E-state index in [-0.39, 0.29) is 6.04 Å². The van der Waals surface area contributed by atoms with E-state index < -0.39 is 0 Å². The Bertz CT molecular complexity index is 475. The molecule has 0 aromatic heterocycles. The minimum Gasteiger partial charge on any atom is -0.497 e. The average molecular weight is 291 g/mol. The van der Waals surface area contributed by atoms with E-state index in [4.69, 9.17) is 9.47 Å². The van der Waals surface area contributed by atoms with Crippen molar-refractivity contribution in [2.45, 2.75) is 44.7 Å². The Morgan fingerprint density at radius 3 is 2.76 bits per heavy atom. The molecular weight excluding hydrogens is 266 g/mol. The molecule has 4 heteroatoms. The molecule has 0 saturated carbocycles. The number of hydrogen-bond acceptors (Lipinski definition) is 4. The summed E-state index contributed by atoms with van der Waals surface area (Å²) in [5.74, 6) is 1.56. The lowest BCUT2D eigenvalue weighted by Crippen LogP contribution is -2.40. The van der Waals surface area contributed by atoms with E-state index in [1.807, 2.05) is 18.2 Å². The SMILES string of the molecule is COc1ccc(C(CC=O)N2CCCCC2C)c(OC)c1. The van der Waals surface area contributed by atoms with Crippen LogP contribution in [0.4, 0.5) is 0 Å². The molecule has 2 rings (SSSR count). The number of rotatable bonds is 6. The largest absolute Gasteiger partial charge is 0.497 e. The van der Waals surface area contributed by atoms with Gasteiger partial charge in [-0.3, -0.25) is 4.90 Å². The number of carbonyl (C=O) groups excluding carboxylic acids is 1. The molecule has 116 valence electrons. The molecule has 1 heterocycles. The maximum atomic E-state index is 11.2. The Morgan fingerprint density at radius 1 is 1.33 bits per heavy atom. The van der Waals surface area contributed by atoms with Crippen molar-refractivity contribution in [2.24, 2.45) is 0 Å². The number of aldehydes is 1. The molecule has 1 aromatic rings. The fourth-order valence-electron chi connectivity index (χ4n) is 3.21. The number of hydrogen-bond donors (Lipinski definition) is 0. The summed E-state index contributed by atoms with van der Waals surface area (Å²) >= 11 is 0. The van der Waals surface area contributed by atoms with Crippen molar-refractivity contribution in [3.05, 3.63) is 23.8 Å². The van der Waals surface area contributed by atoms with Gasteiger partial charge in [-0.15, -0.1) is 0 Å². The highest BCUT2D eigenvalue weighted by Gasteiger charge is 2.29. The van der Waals surface area contributed by atoms with E-state index in [0.717, 1.165) is 29.9 Å². The zero-order chi connectivity index (χ0) is 15.2. The number of piperidine rings is 1. The highest BCUT2D eigenvalue weighted by Crippen LogP contribution is 2.37. The monoisotopic (exact) mass is 291 g/mol. The Morgan fingerprint density at radius 2 is 2.14 bits per heavy atom. The number of benzene rings is 1. The maximum absolute atomic E-state index is 11.2. The summed E-state index contributed by atoms with van der Waals surface area (Å²) in [5, 5.41) is 0. The molecule has 0 amide bonds. The zero-order valence-electron chi connectivity index (χ0n) is 13.2. The van der Waals surface area contributed by atoms with Crippen LogP contribution in [0.15, 0.2) is 18.2 Å². The third kappa shape index (κ3) is 3.56. The first kappa shape index (κ1) is 15.8. The fraction of sp³-hybridized carbons (Fsp3) is 0.588. The van der Waals surface area contributed by atoms with Crippen LogP contribution < -0.4 is 9.47 Å². The van der Waals surface area contributed by atoms with Crippen LogP contribution in [0.5, 0.6) is 11.5 Å². The van der Waals surface area contributed by atoms with Gasteiger partial charge in [0, 0.05) is 30.1 Å². The number of likely N-dealkylation sites (tertiary alicyclic amines) is 1.